The van der Waals surface area contributed by atoms with Crippen LogP contribution in [0.15, 0.2) is 59.1 Å². The lowest BCUT2D eigenvalue weighted by molar-refractivity contribution is -0.131. The van der Waals surface area contributed by atoms with E-state index in [1.54, 1.807) is 6.07 Å². The van der Waals surface area contributed by atoms with Gasteiger partial charge in [-0.1, -0.05) is 46.3 Å². The van der Waals surface area contributed by atoms with Gasteiger partial charge in [0.25, 0.3) is 0 Å². The Kier molecular flexibility index (Phi) is 4.96. The second kappa shape index (κ2) is 6.91. The second-order valence-electron chi connectivity index (χ2n) is 4.13. The fourth-order valence-corrected chi connectivity index (χ4v) is 2.02. The van der Waals surface area contributed by atoms with Gasteiger partial charge in [0, 0.05) is 10.5 Å². The first kappa shape index (κ1) is 14.3. The summed E-state index contributed by atoms with van der Waals surface area (Å²) in [6.45, 7) is 0.477. The fraction of sp³-hybridized carbons (Fsp3) is 0.0625. The third-order valence-electron chi connectivity index (χ3n) is 2.62. The van der Waals surface area contributed by atoms with Gasteiger partial charge in [0.05, 0.1) is 0 Å². The van der Waals surface area contributed by atoms with Crippen molar-refractivity contribution in [2.75, 3.05) is 0 Å². The molecule has 2 rings (SSSR count). The minimum atomic E-state index is -0.979. The monoisotopic (exact) mass is 332 g/mol. The van der Waals surface area contributed by atoms with Gasteiger partial charge < -0.3 is 9.84 Å². The molecular formula is C16H13BrO3. The molecule has 0 bridgehead atoms. The van der Waals surface area contributed by atoms with Gasteiger partial charge in [0.1, 0.15) is 12.4 Å². The van der Waals surface area contributed by atoms with E-state index in [1.807, 2.05) is 42.5 Å². The van der Waals surface area contributed by atoms with Gasteiger partial charge >= 0.3 is 5.97 Å². The van der Waals surface area contributed by atoms with E-state index in [1.165, 1.54) is 6.08 Å². The first-order chi connectivity index (χ1) is 9.65. The van der Waals surface area contributed by atoms with Crippen LogP contribution in [0.1, 0.15) is 11.1 Å². The zero-order chi connectivity index (χ0) is 14.4. The van der Waals surface area contributed by atoms with E-state index in [9.17, 15) is 4.79 Å². The van der Waals surface area contributed by atoms with Gasteiger partial charge in [-0.05, 0) is 35.4 Å². The number of hydrogen-bond acceptors (Lipinski definition) is 2. The molecule has 0 saturated carbocycles. The first-order valence-electron chi connectivity index (χ1n) is 6.02. The summed E-state index contributed by atoms with van der Waals surface area (Å²) in [5.41, 5.74) is 1.84. The predicted octanol–water partition coefficient (Wildman–Crippen LogP) is 4.13. The first-order valence-corrected chi connectivity index (χ1v) is 6.82. The van der Waals surface area contributed by atoms with Crippen molar-refractivity contribution in [3.05, 3.63) is 70.2 Å². The molecule has 102 valence electrons. The minimum absolute atomic E-state index is 0.477. The average molecular weight is 333 g/mol. The van der Waals surface area contributed by atoms with Gasteiger partial charge in [-0.2, -0.15) is 0 Å². The van der Waals surface area contributed by atoms with E-state index in [-0.39, 0.29) is 0 Å². The highest BCUT2D eigenvalue weighted by Crippen LogP contribution is 2.24. The van der Waals surface area contributed by atoms with E-state index in [0.29, 0.717) is 12.4 Å². The number of aliphatic carboxylic acids is 1. The van der Waals surface area contributed by atoms with E-state index in [0.717, 1.165) is 21.7 Å². The summed E-state index contributed by atoms with van der Waals surface area (Å²) in [5.74, 6) is -0.283. The summed E-state index contributed by atoms with van der Waals surface area (Å²) < 4.78 is 6.51. The van der Waals surface area contributed by atoms with Crippen LogP contribution < -0.4 is 4.74 Å². The predicted molar refractivity (Wildman–Crippen MR) is 81.6 cm³/mol. The molecule has 0 amide bonds. The molecule has 3 nitrogen and oxygen atoms in total. The van der Waals surface area contributed by atoms with Gasteiger partial charge in [0.2, 0.25) is 0 Å². The summed E-state index contributed by atoms with van der Waals surface area (Å²) >= 11 is 3.38. The summed E-state index contributed by atoms with van der Waals surface area (Å²) in [6, 6.07) is 15.3. The SMILES string of the molecule is O=C(O)C=Cc1cc(OCc2ccccc2)ccc1Br. The van der Waals surface area contributed by atoms with E-state index in [2.05, 4.69) is 15.9 Å². The summed E-state index contributed by atoms with van der Waals surface area (Å²) in [4.78, 5) is 10.5. The molecule has 0 aliphatic rings. The Morgan fingerprint density at radius 3 is 2.65 bits per heavy atom. The maximum absolute atomic E-state index is 10.5. The number of rotatable bonds is 5. The Morgan fingerprint density at radius 2 is 1.95 bits per heavy atom. The maximum atomic E-state index is 10.5. The van der Waals surface area contributed by atoms with E-state index in [4.69, 9.17) is 9.84 Å². The molecule has 20 heavy (non-hydrogen) atoms. The second-order valence-corrected chi connectivity index (χ2v) is 4.98. The van der Waals surface area contributed by atoms with Crippen LogP contribution in [0.5, 0.6) is 5.75 Å². The minimum Gasteiger partial charge on any atom is -0.489 e. The number of benzene rings is 2. The normalized spacial score (nSPS) is 10.7. The highest BCUT2D eigenvalue weighted by molar-refractivity contribution is 9.10. The van der Waals surface area contributed by atoms with Gasteiger partial charge in [-0.15, -0.1) is 0 Å². The van der Waals surface area contributed by atoms with Crippen molar-refractivity contribution in [3.63, 3.8) is 0 Å². The number of hydrogen-bond donors (Lipinski definition) is 1. The molecule has 0 aliphatic carbocycles. The van der Waals surface area contributed by atoms with Crippen LogP contribution in [-0.4, -0.2) is 11.1 Å². The zero-order valence-corrected chi connectivity index (χ0v) is 12.2. The van der Waals surface area contributed by atoms with Gasteiger partial charge in [-0.25, -0.2) is 4.79 Å². The van der Waals surface area contributed by atoms with Crippen LogP contribution in [-0.2, 0) is 11.4 Å². The molecule has 0 heterocycles. The standard InChI is InChI=1S/C16H13BrO3/c17-15-8-7-14(10-13(15)6-9-16(18)19)20-11-12-4-2-1-3-5-12/h1-10H,11H2,(H,18,19). The number of carboxylic acids is 1. The van der Waals surface area contributed by atoms with Crippen LogP contribution in [0.3, 0.4) is 0 Å². The van der Waals surface area contributed by atoms with Crippen molar-refractivity contribution in [1.29, 1.82) is 0 Å². The molecule has 0 aliphatic heterocycles. The van der Waals surface area contributed by atoms with Crippen LogP contribution in [0.4, 0.5) is 0 Å². The Morgan fingerprint density at radius 1 is 1.20 bits per heavy atom. The van der Waals surface area contributed by atoms with Crippen LogP contribution in [0.2, 0.25) is 0 Å². The zero-order valence-electron chi connectivity index (χ0n) is 10.6. The fourth-order valence-electron chi connectivity index (χ4n) is 1.64. The highest BCUT2D eigenvalue weighted by atomic mass is 79.9. The molecule has 2 aromatic rings. The number of halogens is 1. The van der Waals surface area contributed by atoms with Crippen molar-refractivity contribution in [2.24, 2.45) is 0 Å². The maximum Gasteiger partial charge on any atom is 0.328 e. The van der Waals surface area contributed by atoms with Crippen LogP contribution in [0, 0.1) is 0 Å². The number of carbonyl (C=O) groups is 1. The number of ether oxygens (including phenoxy) is 1. The lowest BCUT2D eigenvalue weighted by Crippen LogP contribution is -1.95. The lowest BCUT2D eigenvalue weighted by atomic mass is 10.2. The van der Waals surface area contributed by atoms with Crippen molar-refractivity contribution in [2.45, 2.75) is 6.61 Å². The Bertz CT molecular complexity index is 621. The van der Waals surface area contributed by atoms with E-state index >= 15 is 0 Å². The molecular weight excluding hydrogens is 320 g/mol. The Labute approximate surface area is 125 Å². The smallest absolute Gasteiger partial charge is 0.328 e. The Balaban J connectivity index is 2.09. The largest absolute Gasteiger partial charge is 0.489 e. The molecule has 2 aromatic carbocycles. The van der Waals surface area contributed by atoms with E-state index < -0.39 is 5.97 Å². The highest BCUT2D eigenvalue weighted by Gasteiger charge is 2.01. The lowest BCUT2D eigenvalue weighted by Gasteiger charge is -2.08. The Hall–Kier alpha value is -2.07. The summed E-state index contributed by atoms with van der Waals surface area (Å²) in [7, 11) is 0. The average Bonchev–Trinajstić information content (AvgIpc) is 2.46. The van der Waals surface area contributed by atoms with Gasteiger partial charge in [0.15, 0.2) is 0 Å². The molecule has 0 saturated heterocycles. The molecule has 1 N–H and O–H groups in total. The molecule has 0 atom stereocenters. The summed E-state index contributed by atoms with van der Waals surface area (Å²) in [6.07, 6.45) is 2.63. The molecule has 0 radical (unpaired) electrons. The van der Waals surface area contributed by atoms with Gasteiger partial charge in [-0.3, -0.25) is 0 Å². The van der Waals surface area contributed by atoms with Crippen LogP contribution in [0.25, 0.3) is 6.08 Å². The third kappa shape index (κ3) is 4.24. The van der Waals surface area contributed by atoms with Crippen molar-refractivity contribution in [1.82, 2.24) is 0 Å². The van der Waals surface area contributed by atoms with Crippen LogP contribution >= 0.6 is 15.9 Å². The van der Waals surface area contributed by atoms with Crippen molar-refractivity contribution < 1.29 is 14.6 Å². The quantitative estimate of drug-likeness (QED) is 0.837. The molecule has 0 fully saturated rings. The van der Waals surface area contributed by atoms with Crippen molar-refractivity contribution in [3.8, 4) is 5.75 Å². The molecule has 0 unspecified atom stereocenters. The molecule has 4 heteroatoms. The third-order valence-corrected chi connectivity index (χ3v) is 3.34. The summed E-state index contributed by atoms with van der Waals surface area (Å²) in [5, 5.41) is 8.65. The topological polar surface area (TPSA) is 46.5 Å². The molecule has 0 aromatic heterocycles. The number of carboxylic acid groups (broad SMARTS) is 1. The van der Waals surface area contributed by atoms with Crippen molar-refractivity contribution >= 4 is 28.0 Å². The molecule has 0 spiro atoms.